The standard InChI is InChI=1S/C23H27N7O2/c1-14(2)24-22-26-20(16-9-7-10-18(32-5)21(16)27-22)17-13-30(29-28-17)12-15-8-6-11-19(25-15)23(3,4)31/h6-11,13-14,31H,12H2,1-5H3,(H,24,26,27). The second-order valence-corrected chi connectivity index (χ2v) is 8.43. The first kappa shape index (κ1) is 21.6. The van der Waals surface area contributed by atoms with E-state index in [9.17, 15) is 5.11 Å². The summed E-state index contributed by atoms with van der Waals surface area (Å²) in [5.74, 6) is 1.17. The lowest BCUT2D eigenvalue weighted by atomic mass is 10.0. The second-order valence-electron chi connectivity index (χ2n) is 8.43. The van der Waals surface area contributed by atoms with Crippen LogP contribution in [0.1, 0.15) is 39.1 Å². The van der Waals surface area contributed by atoms with Crippen molar-refractivity contribution in [2.24, 2.45) is 0 Å². The van der Waals surface area contributed by atoms with Crippen molar-refractivity contribution in [1.82, 2.24) is 29.9 Å². The van der Waals surface area contributed by atoms with Crippen LogP contribution in [0, 0.1) is 0 Å². The molecule has 9 nitrogen and oxygen atoms in total. The molecular weight excluding hydrogens is 406 g/mol. The van der Waals surface area contributed by atoms with Crippen LogP contribution < -0.4 is 10.1 Å². The Morgan fingerprint density at radius 2 is 1.88 bits per heavy atom. The Labute approximate surface area is 186 Å². The SMILES string of the molecule is COc1cccc2c(-c3cn(Cc4cccc(C(C)(C)O)n4)nn3)nc(NC(C)C)nc12. The van der Waals surface area contributed by atoms with Crippen LogP contribution in [0.2, 0.25) is 0 Å². The van der Waals surface area contributed by atoms with Gasteiger partial charge in [0.15, 0.2) is 0 Å². The topological polar surface area (TPSA) is 111 Å². The van der Waals surface area contributed by atoms with Gasteiger partial charge < -0.3 is 15.2 Å². The van der Waals surface area contributed by atoms with Gasteiger partial charge in [-0.15, -0.1) is 5.10 Å². The van der Waals surface area contributed by atoms with E-state index in [0.717, 1.165) is 11.1 Å². The molecule has 0 aliphatic heterocycles. The van der Waals surface area contributed by atoms with E-state index in [1.165, 1.54) is 0 Å². The van der Waals surface area contributed by atoms with Crippen molar-refractivity contribution in [3.63, 3.8) is 0 Å². The van der Waals surface area contributed by atoms with E-state index in [1.807, 2.05) is 50.4 Å². The lowest BCUT2D eigenvalue weighted by molar-refractivity contribution is 0.0736. The summed E-state index contributed by atoms with van der Waals surface area (Å²) in [6, 6.07) is 11.5. The molecule has 0 spiro atoms. The van der Waals surface area contributed by atoms with E-state index in [4.69, 9.17) is 9.72 Å². The van der Waals surface area contributed by atoms with Crippen LogP contribution in [0.5, 0.6) is 5.75 Å². The minimum absolute atomic E-state index is 0.166. The van der Waals surface area contributed by atoms with Crippen molar-refractivity contribution < 1.29 is 9.84 Å². The first-order valence-electron chi connectivity index (χ1n) is 10.4. The number of para-hydroxylation sites is 1. The fraction of sp³-hybridized carbons (Fsp3) is 0.348. The Morgan fingerprint density at radius 1 is 1.09 bits per heavy atom. The molecule has 0 atom stereocenters. The Bertz CT molecular complexity index is 1240. The maximum atomic E-state index is 10.2. The van der Waals surface area contributed by atoms with Crippen molar-refractivity contribution in [1.29, 1.82) is 0 Å². The molecule has 166 valence electrons. The number of nitrogens with one attached hydrogen (secondary N) is 1. The molecule has 0 saturated heterocycles. The maximum absolute atomic E-state index is 10.2. The van der Waals surface area contributed by atoms with E-state index in [2.05, 4.69) is 25.6 Å². The average molecular weight is 434 g/mol. The molecule has 0 aliphatic rings. The first-order valence-corrected chi connectivity index (χ1v) is 10.4. The van der Waals surface area contributed by atoms with Crippen LogP contribution in [0.15, 0.2) is 42.6 Å². The van der Waals surface area contributed by atoms with Gasteiger partial charge in [-0.05, 0) is 45.9 Å². The number of fused-ring (bicyclic) bond motifs is 1. The van der Waals surface area contributed by atoms with E-state index in [1.54, 1.807) is 31.7 Å². The second kappa shape index (κ2) is 8.51. The van der Waals surface area contributed by atoms with Crippen LogP contribution in [-0.2, 0) is 12.1 Å². The summed E-state index contributed by atoms with van der Waals surface area (Å²) >= 11 is 0. The van der Waals surface area contributed by atoms with E-state index >= 15 is 0 Å². The number of pyridine rings is 1. The fourth-order valence-corrected chi connectivity index (χ4v) is 3.37. The van der Waals surface area contributed by atoms with Crippen molar-refractivity contribution in [3.8, 4) is 17.1 Å². The number of hydrogen-bond acceptors (Lipinski definition) is 8. The van der Waals surface area contributed by atoms with Crippen molar-refractivity contribution in [2.45, 2.75) is 45.9 Å². The molecule has 0 aliphatic carbocycles. The third kappa shape index (κ3) is 4.52. The van der Waals surface area contributed by atoms with Gasteiger partial charge in [0, 0.05) is 11.4 Å². The highest BCUT2D eigenvalue weighted by molar-refractivity contribution is 5.95. The molecule has 0 radical (unpaired) electrons. The summed E-state index contributed by atoms with van der Waals surface area (Å²) in [5, 5.41) is 23.0. The zero-order valence-corrected chi connectivity index (χ0v) is 18.9. The summed E-state index contributed by atoms with van der Waals surface area (Å²) in [6.07, 6.45) is 1.83. The minimum atomic E-state index is -1.01. The minimum Gasteiger partial charge on any atom is -0.494 e. The van der Waals surface area contributed by atoms with Gasteiger partial charge in [0.25, 0.3) is 0 Å². The molecule has 1 aromatic carbocycles. The number of rotatable bonds is 7. The summed E-state index contributed by atoms with van der Waals surface area (Å²) in [5.41, 5.74) is 2.36. The highest BCUT2D eigenvalue weighted by Gasteiger charge is 2.19. The molecule has 32 heavy (non-hydrogen) atoms. The highest BCUT2D eigenvalue weighted by Crippen LogP contribution is 2.31. The lowest BCUT2D eigenvalue weighted by Crippen LogP contribution is -2.18. The number of anilines is 1. The van der Waals surface area contributed by atoms with Gasteiger partial charge in [-0.3, -0.25) is 4.98 Å². The molecule has 0 fully saturated rings. The predicted molar refractivity (Wildman–Crippen MR) is 122 cm³/mol. The van der Waals surface area contributed by atoms with E-state index in [-0.39, 0.29) is 6.04 Å². The predicted octanol–water partition coefficient (Wildman–Crippen LogP) is 3.39. The van der Waals surface area contributed by atoms with Gasteiger partial charge >= 0.3 is 0 Å². The zero-order chi connectivity index (χ0) is 22.9. The van der Waals surface area contributed by atoms with Crippen molar-refractivity contribution >= 4 is 16.9 Å². The molecule has 0 unspecified atom stereocenters. The maximum Gasteiger partial charge on any atom is 0.224 e. The number of ether oxygens (including phenoxy) is 1. The van der Waals surface area contributed by atoms with Crippen LogP contribution in [0.3, 0.4) is 0 Å². The number of methoxy groups -OCH3 is 1. The molecule has 9 heteroatoms. The lowest BCUT2D eigenvalue weighted by Gasteiger charge is -2.17. The third-order valence-electron chi connectivity index (χ3n) is 4.87. The average Bonchev–Trinajstić information content (AvgIpc) is 3.20. The van der Waals surface area contributed by atoms with Gasteiger partial charge in [0.05, 0.1) is 31.2 Å². The van der Waals surface area contributed by atoms with E-state index in [0.29, 0.717) is 40.8 Å². The molecule has 4 aromatic rings. The number of aliphatic hydroxyl groups is 1. The van der Waals surface area contributed by atoms with Crippen LogP contribution in [0.25, 0.3) is 22.3 Å². The summed E-state index contributed by atoms with van der Waals surface area (Å²) in [7, 11) is 1.62. The number of benzene rings is 1. The van der Waals surface area contributed by atoms with Gasteiger partial charge in [-0.1, -0.05) is 23.4 Å². The first-order chi connectivity index (χ1) is 15.2. The quantitative estimate of drug-likeness (QED) is 0.456. The summed E-state index contributed by atoms with van der Waals surface area (Å²) < 4.78 is 7.22. The van der Waals surface area contributed by atoms with Crippen LogP contribution >= 0.6 is 0 Å². The van der Waals surface area contributed by atoms with Crippen LogP contribution in [0.4, 0.5) is 5.95 Å². The monoisotopic (exact) mass is 433 g/mol. The van der Waals surface area contributed by atoms with Gasteiger partial charge in [-0.2, -0.15) is 0 Å². The molecule has 3 heterocycles. The summed E-state index contributed by atoms with van der Waals surface area (Å²) in [6.45, 7) is 7.90. The zero-order valence-electron chi connectivity index (χ0n) is 18.9. The number of nitrogens with zero attached hydrogens (tertiary/aromatic N) is 6. The molecule has 2 N–H and O–H groups in total. The Kier molecular flexibility index (Phi) is 5.75. The Hall–Kier alpha value is -3.59. The van der Waals surface area contributed by atoms with Gasteiger partial charge in [0.2, 0.25) is 5.95 Å². The molecule has 4 rings (SSSR count). The highest BCUT2D eigenvalue weighted by atomic mass is 16.5. The molecule has 3 aromatic heterocycles. The Balaban J connectivity index is 1.73. The molecule has 0 bridgehead atoms. The summed E-state index contributed by atoms with van der Waals surface area (Å²) in [4.78, 5) is 13.9. The van der Waals surface area contributed by atoms with Crippen LogP contribution in [-0.4, -0.2) is 48.2 Å². The molecular formula is C23H27N7O2. The molecule has 0 saturated carbocycles. The number of aromatic nitrogens is 6. The van der Waals surface area contributed by atoms with Gasteiger partial charge in [-0.25, -0.2) is 14.6 Å². The van der Waals surface area contributed by atoms with E-state index < -0.39 is 5.60 Å². The third-order valence-corrected chi connectivity index (χ3v) is 4.87. The molecule has 0 amide bonds. The largest absolute Gasteiger partial charge is 0.494 e. The van der Waals surface area contributed by atoms with Crippen molar-refractivity contribution in [2.75, 3.05) is 12.4 Å². The fourth-order valence-electron chi connectivity index (χ4n) is 3.37. The number of hydrogen-bond donors (Lipinski definition) is 2. The Morgan fingerprint density at radius 3 is 2.59 bits per heavy atom. The van der Waals surface area contributed by atoms with Gasteiger partial charge in [0.1, 0.15) is 28.3 Å². The smallest absolute Gasteiger partial charge is 0.224 e. The normalized spacial score (nSPS) is 11.8. The van der Waals surface area contributed by atoms with Crippen molar-refractivity contribution in [3.05, 3.63) is 54.0 Å².